The first-order chi connectivity index (χ1) is 14.3. The third kappa shape index (κ3) is 4.92. The van der Waals surface area contributed by atoms with E-state index in [4.69, 9.17) is 33.3 Å². The van der Waals surface area contributed by atoms with E-state index in [1.807, 2.05) is 6.92 Å². The first kappa shape index (κ1) is 22.1. The average molecular weight is 465 g/mol. The number of hydrogen-bond donors (Lipinski definition) is 0. The third-order valence-corrected chi connectivity index (χ3v) is 5.91. The second-order valence-corrected chi connectivity index (χ2v) is 8.30. The van der Waals surface area contributed by atoms with E-state index in [9.17, 15) is 14.9 Å². The highest BCUT2D eigenvalue weighted by molar-refractivity contribution is 8.26. The maximum Gasteiger partial charge on any atom is 0.269 e. The second kappa shape index (κ2) is 9.46. The number of hydrogen-bond acceptors (Lipinski definition) is 7. The van der Waals surface area contributed by atoms with Gasteiger partial charge in [0.2, 0.25) is 0 Å². The van der Waals surface area contributed by atoms with Crippen LogP contribution in [-0.4, -0.2) is 33.7 Å². The fraction of sp³-hybridized carbons (Fsp3) is 0.200. The lowest BCUT2D eigenvalue weighted by atomic mass is 10.1. The molecule has 2 aromatic carbocycles. The van der Waals surface area contributed by atoms with Gasteiger partial charge in [-0.3, -0.25) is 19.8 Å². The van der Waals surface area contributed by atoms with Crippen molar-refractivity contribution in [2.75, 3.05) is 13.7 Å². The van der Waals surface area contributed by atoms with E-state index < -0.39 is 4.92 Å². The highest BCUT2D eigenvalue weighted by atomic mass is 35.5. The molecule has 1 heterocycles. The maximum atomic E-state index is 12.2. The lowest BCUT2D eigenvalue weighted by Gasteiger charge is -2.14. The number of thiocarbonyl (C=S) groups is 1. The van der Waals surface area contributed by atoms with Crippen molar-refractivity contribution in [1.82, 2.24) is 4.90 Å². The number of carbonyl (C=O) groups is 1. The molecule has 0 unspecified atom stereocenters. The monoisotopic (exact) mass is 464 g/mol. The van der Waals surface area contributed by atoms with Gasteiger partial charge in [-0.05, 0) is 48.4 Å². The van der Waals surface area contributed by atoms with Crippen LogP contribution in [0.15, 0.2) is 41.3 Å². The van der Waals surface area contributed by atoms with Crippen LogP contribution in [0.2, 0.25) is 5.02 Å². The lowest BCUT2D eigenvalue weighted by Crippen LogP contribution is -2.22. The van der Waals surface area contributed by atoms with Crippen LogP contribution in [0.25, 0.3) is 6.08 Å². The van der Waals surface area contributed by atoms with Crippen molar-refractivity contribution in [3.63, 3.8) is 0 Å². The van der Waals surface area contributed by atoms with Gasteiger partial charge in [-0.15, -0.1) is 0 Å². The maximum absolute atomic E-state index is 12.2. The molecule has 0 bridgehead atoms. The summed E-state index contributed by atoms with van der Waals surface area (Å²) in [5.74, 6) is 0.625. The first-order valence-corrected chi connectivity index (χ1v) is 10.4. The quantitative estimate of drug-likeness (QED) is 0.245. The van der Waals surface area contributed by atoms with Crippen molar-refractivity contribution >= 4 is 57.6 Å². The number of nitro groups is 1. The summed E-state index contributed by atoms with van der Waals surface area (Å²) in [6, 6.07) is 9.48. The molecule has 3 rings (SSSR count). The van der Waals surface area contributed by atoms with E-state index in [1.54, 1.807) is 37.4 Å². The highest BCUT2D eigenvalue weighted by Gasteiger charge is 2.28. The minimum absolute atomic E-state index is 0.00799. The number of likely N-dealkylation sites (N-methyl/N-ethyl adjacent to an activating group) is 1. The number of halogens is 1. The second-order valence-electron chi connectivity index (χ2n) is 6.22. The Hall–Kier alpha value is -2.62. The first-order valence-electron chi connectivity index (χ1n) is 8.84. The number of benzene rings is 2. The van der Waals surface area contributed by atoms with Crippen molar-refractivity contribution in [2.24, 2.45) is 0 Å². The Kier molecular flexibility index (Phi) is 6.96. The summed E-state index contributed by atoms with van der Waals surface area (Å²) >= 11 is 12.8. The van der Waals surface area contributed by atoms with E-state index in [0.717, 1.165) is 5.56 Å². The topological polar surface area (TPSA) is 81.9 Å². The molecule has 10 heteroatoms. The van der Waals surface area contributed by atoms with Crippen molar-refractivity contribution in [3.8, 4) is 11.5 Å². The van der Waals surface area contributed by atoms with Crippen molar-refractivity contribution in [3.05, 3.63) is 67.6 Å². The van der Waals surface area contributed by atoms with Gasteiger partial charge < -0.3 is 9.47 Å². The Labute approximate surface area is 187 Å². The van der Waals surface area contributed by atoms with Crippen molar-refractivity contribution < 1.29 is 19.2 Å². The summed E-state index contributed by atoms with van der Waals surface area (Å²) in [5.41, 5.74) is 1.43. The van der Waals surface area contributed by atoms with Crippen LogP contribution in [0.3, 0.4) is 0 Å². The molecule has 0 aliphatic carbocycles. The lowest BCUT2D eigenvalue weighted by molar-refractivity contribution is -0.384. The molecule has 1 aliphatic heterocycles. The summed E-state index contributed by atoms with van der Waals surface area (Å²) in [6.07, 6.45) is 1.71. The number of amides is 1. The molecular formula is C20H17ClN2O5S2. The van der Waals surface area contributed by atoms with Gasteiger partial charge in [0.1, 0.15) is 10.9 Å². The van der Waals surface area contributed by atoms with Crippen molar-refractivity contribution in [1.29, 1.82) is 0 Å². The predicted octanol–water partition coefficient (Wildman–Crippen LogP) is 5.06. The van der Waals surface area contributed by atoms with Gasteiger partial charge in [-0.2, -0.15) is 0 Å². The molecule has 30 heavy (non-hydrogen) atoms. The van der Waals surface area contributed by atoms with Crippen LogP contribution in [0, 0.1) is 10.1 Å². The van der Waals surface area contributed by atoms with Gasteiger partial charge in [0, 0.05) is 19.2 Å². The Morgan fingerprint density at radius 2 is 1.97 bits per heavy atom. The number of ether oxygens (including phenoxy) is 2. The standard InChI is InChI=1S/C20H17ClN2O5S2/c1-3-27-16-9-13(10-17-19(24)22(2)20(29)30-17)8-15(21)18(16)28-11-12-4-6-14(7-5-12)23(25)26/h4-10H,3,11H2,1-2H3. The molecule has 0 atom stereocenters. The molecule has 0 saturated carbocycles. The molecule has 2 aromatic rings. The van der Waals surface area contributed by atoms with Gasteiger partial charge in [0.25, 0.3) is 11.6 Å². The fourth-order valence-electron chi connectivity index (χ4n) is 2.64. The number of nitrogens with zero attached hydrogens (tertiary/aromatic N) is 2. The number of rotatable bonds is 7. The largest absolute Gasteiger partial charge is 0.490 e. The summed E-state index contributed by atoms with van der Waals surface area (Å²) in [5, 5.41) is 11.1. The molecule has 0 N–H and O–H groups in total. The normalized spacial score (nSPS) is 15.0. The number of non-ortho nitro benzene ring substituents is 1. The van der Waals surface area contributed by atoms with E-state index >= 15 is 0 Å². The molecule has 7 nitrogen and oxygen atoms in total. The molecule has 1 fully saturated rings. The number of carbonyl (C=O) groups excluding carboxylic acids is 1. The molecule has 156 valence electrons. The van der Waals surface area contributed by atoms with E-state index in [2.05, 4.69) is 0 Å². The minimum atomic E-state index is -0.459. The molecule has 1 saturated heterocycles. The van der Waals surface area contributed by atoms with Crippen LogP contribution in [0.5, 0.6) is 11.5 Å². The molecular weight excluding hydrogens is 448 g/mol. The Morgan fingerprint density at radius 1 is 1.27 bits per heavy atom. The van der Waals surface area contributed by atoms with Crippen LogP contribution in [-0.2, 0) is 11.4 Å². The van der Waals surface area contributed by atoms with Gasteiger partial charge >= 0.3 is 0 Å². The van der Waals surface area contributed by atoms with Crippen LogP contribution in [0.4, 0.5) is 5.69 Å². The molecule has 0 radical (unpaired) electrons. The van der Waals surface area contributed by atoms with E-state index in [1.165, 1.54) is 28.8 Å². The highest BCUT2D eigenvalue weighted by Crippen LogP contribution is 2.39. The zero-order valence-corrected chi connectivity index (χ0v) is 18.5. The summed E-state index contributed by atoms with van der Waals surface area (Å²) in [7, 11) is 1.63. The Balaban J connectivity index is 1.84. The number of nitro benzene ring substituents is 1. The van der Waals surface area contributed by atoms with Crippen molar-refractivity contribution in [2.45, 2.75) is 13.5 Å². The van der Waals surface area contributed by atoms with Crippen LogP contribution in [0.1, 0.15) is 18.1 Å². The fourth-order valence-corrected chi connectivity index (χ4v) is 4.09. The minimum Gasteiger partial charge on any atom is -0.490 e. The zero-order valence-electron chi connectivity index (χ0n) is 16.1. The summed E-state index contributed by atoms with van der Waals surface area (Å²) in [6.45, 7) is 2.39. The molecule has 1 aliphatic rings. The van der Waals surface area contributed by atoms with E-state index in [-0.39, 0.29) is 18.2 Å². The SMILES string of the molecule is CCOc1cc(C=C2SC(=S)N(C)C2=O)cc(Cl)c1OCc1ccc([N+](=O)[O-])cc1. The third-order valence-electron chi connectivity index (χ3n) is 4.15. The van der Waals surface area contributed by atoms with Gasteiger partial charge in [-0.1, -0.05) is 35.6 Å². The van der Waals surface area contributed by atoms with Crippen LogP contribution >= 0.6 is 35.6 Å². The van der Waals surface area contributed by atoms with Crippen LogP contribution < -0.4 is 9.47 Å². The summed E-state index contributed by atoms with van der Waals surface area (Å²) in [4.78, 5) is 24.5. The molecule has 0 spiro atoms. The Morgan fingerprint density at radius 3 is 2.53 bits per heavy atom. The molecule has 0 aromatic heterocycles. The summed E-state index contributed by atoms with van der Waals surface area (Å²) < 4.78 is 12.0. The average Bonchev–Trinajstić information content (AvgIpc) is 2.94. The Bertz CT molecular complexity index is 1040. The molecule has 1 amide bonds. The van der Waals surface area contributed by atoms with Gasteiger partial charge in [0.05, 0.1) is 21.5 Å². The van der Waals surface area contributed by atoms with Gasteiger partial charge in [0.15, 0.2) is 11.5 Å². The number of thioether (sulfide) groups is 1. The van der Waals surface area contributed by atoms with Gasteiger partial charge in [-0.25, -0.2) is 0 Å². The van der Waals surface area contributed by atoms with E-state index in [0.29, 0.717) is 37.9 Å². The predicted molar refractivity (Wildman–Crippen MR) is 121 cm³/mol. The zero-order chi connectivity index (χ0) is 21.8. The smallest absolute Gasteiger partial charge is 0.269 e.